The highest BCUT2D eigenvalue weighted by molar-refractivity contribution is 6.39. The van der Waals surface area contributed by atoms with Crippen LogP contribution in [-0.2, 0) is 22.4 Å². The second-order valence-corrected chi connectivity index (χ2v) is 8.34. The maximum Gasteiger partial charge on any atom is 0.335 e. The molecule has 1 N–H and O–H groups in total. The van der Waals surface area contributed by atoms with Crippen LogP contribution in [0.1, 0.15) is 29.2 Å². The predicted molar refractivity (Wildman–Crippen MR) is 132 cm³/mol. The van der Waals surface area contributed by atoms with Crippen LogP contribution in [0.25, 0.3) is 6.08 Å². The molecule has 4 amide bonds. The quantitative estimate of drug-likeness (QED) is 0.374. The van der Waals surface area contributed by atoms with Crippen LogP contribution in [0.2, 0.25) is 5.02 Å². The molecule has 0 aromatic heterocycles. The molecule has 6 nitrogen and oxygen atoms in total. The number of benzene rings is 3. The number of rotatable bonds is 6. The van der Waals surface area contributed by atoms with Crippen LogP contribution in [-0.4, -0.2) is 25.0 Å². The summed E-state index contributed by atoms with van der Waals surface area (Å²) >= 11 is 6.50. The Balaban J connectivity index is 1.69. The first-order valence-corrected chi connectivity index (χ1v) is 11.3. The van der Waals surface area contributed by atoms with Gasteiger partial charge in [-0.2, -0.15) is 0 Å². The minimum Gasteiger partial charge on any atom is -0.496 e. The Bertz CT molecular complexity index is 1350. The molecule has 0 unspecified atom stereocenters. The molecular weight excluding hydrogens is 471 g/mol. The highest BCUT2D eigenvalue weighted by atomic mass is 35.5. The highest BCUT2D eigenvalue weighted by Crippen LogP contribution is 2.33. The molecule has 3 aromatic rings. The summed E-state index contributed by atoms with van der Waals surface area (Å²) in [6.45, 7) is 1.99. The van der Waals surface area contributed by atoms with E-state index < -0.39 is 17.8 Å². The van der Waals surface area contributed by atoms with Crippen molar-refractivity contribution in [2.24, 2.45) is 0 Å². The monoisotopic (exact) mass is 492 g/mol. The van der Waals surface area contributed by atoms with Crippen LogP contribution in [0.5, 0.6) is 5.75 Å². The lowest BCUT2D eigenvalue weighted by Gasteiger charge is -2.26. The minimum absolute atomic E-state index is 0.195. The van der Waals surface area contributed by atoms with Crippen molar-refractivity contribution in [1.82, 2.24) is 5.32 Å². The minimum atomic E-state index is -0.822. The average molecular weight is 493 g/mol. The van der Waals surface area contributed by atoms with Crippen LogP contribution < -0.4 is 15.0 Å². The number of amides is 4. The van der Waals surface area contributed by atoms with Crippen LogP contribution in [0, 0.1) is 5.82 Å². The molecule has 0 spiro atoms. The van der Waals surface area contributed by atoms with E-state index in [0.717, 1.165) is 16.9 Å². The zero-order valence-corrected chi connectivity index (χ0v) is 19.9. The number of nitrogens with zero attached hydrogens (tertiary/aromatic N) is 1. The van der Waals surface area contributed by atoms with Gasteiger partial charge in [0.1, 0.15) is 17.1 Å². The Labute approximate surface area is 207 Å². The molecule has 0 bridgehead atoms. The molecule has 0 atom stereocenters. The third-order valence-electron chi connectivity index (χ3n) is 5.74. The van der Waals surface area contributed by atoms with E-state index in [9.17, 15) is 18.8 Å². The van der Waals surface area contributed by atoms with Crippen molar-refractivity contribution in [1.29, 1.82) is 0 Å². The number of carbonyl (C=O) groups is 3. The van der Waals surface area contributed by atoms with Gasteiger partial charge in [-0.3, -0.25) is 14.9 Å². The van der Waals surface area contributed by atoms with Crippen LogP contribution in [0.3, 0.4) is 0 Å². The molecule has 0 radical (unpaired) electrons. The van der Waals surface area contributed by atoms with Crippen LogP contribution in [0.15, 0.2) is 66.2 Å². The van der Waals surface area contributed by atoms with Gasteiger partial charge >= 0.3 is 6.03 Å². The maximum absolute atomic E-state index is 14.2. The molecule has 1 aliphatic heterocycles. The fraction of sp³-hybridized carbons (Fsp3) is 0.148. The molecule has 1 saturated heterocycles. The largest absolute Gasteiger partial charge is 0.496 e. The predicted octanol–water partition coefficient (Wildman–Crippen LogP) is 5.31. The van der Waals surface area contributed by atoms with Gasteiger partial charge in [-0.25, -0.2) is 14.1 Å². The molecule has 3 aromatic carbocycles. The number of barbiturate groups is 1. The molecule has 178 valence electrons. The Kier molecular flexibility index (Phi) is 6.98. The van der Waals surface area contributed by atoms with E-state index in [4.69, 9.17) is 16.3 Å². The van der Waals surface area contributed by atoms with Crippen molar-refractivity contribution in [3.63, 3.8) is 0 Å². The number of ether oxygens (including phenoxy) is 1. The number of hydrogen-bond acceptors (Lipinski definition) is 4. The van der Waals surface area contributed by atoms with Crippen LogP contribution >= 0.6 is 11.6 Å². The molecule has 35 heavy (non-hydrogen) atoms. The lowest BCUT2D eigenvalue weighted by Crippen LogP contribution is -2.54. The van der Waals surface area contributed by atoms with Gasteiger partial charge in [0, 0.05) is 17.0 Å². The summed E-state index contributed by atoms with van der Waals surface area (Å²) in [5.41, 5.74) is 2.58. The second-order valence-electron chi connectivity index (χ2n) is 7.93. The third kappa shape index (κ3) is 4.95. The van der Waals surface area contributed by atoms with Crippen molar-refractivity contribution in [3.05, 3.63) is 99.3 Å². The van der Waals surface area contributed by atoms with E-state index in [-0.39, 0.29) is 22.8 Å². The first-order chi connectivity index (χ1) is 16.8. The number of hydrogen-bond donors (Lipinski definition) is 1. The first kappa shape index (κ1) is 24.2. The van der Waals surface area contributed by atoms with Gasteiger partial charge in [0.2, 0.25) is 0 Å². The number of nitrogens with one attached hydrogen (secondary N) is 1. The topological polar surface area (TPSA) is 75.7 Å². The van der Waals surface area contributed by atoms with E-state index in [1.165, 1.54) is 19.3 Å². The summed E-state index contributed by atoms with van der Waals surface area (Å²) in [5.74, 6) is -1.56. The number of halogens is 2. The van der Waals surface area contributed by atoms with Crippen molar-refractivity contribution in [2.75, 3.05) is 12.0 Å². The Morgan fingerprint density at radius 1 is 1.06 bits per heavy atom. The van der Waals surface area contributed by atoms with Gasteiger partial charge in [-0.15, -0.1) is 0 Å². The van der Waals surface area contributed by atoms with Crippen molar-refractivity contribution >= 4 is 41.2 Å². The summed E-state index contributed by atoms with van der Waals surface area (Å²) in [6, 6.07) is 15.6. The summed E-state index contributed by atoms with van der Waals surface area (Å²) < 4.78 is 19.6. The van der Waals surface area contributed by atoms with Crippen molar-refractivity contribution in [2.45, 2.75) is 19.8 Å². The maximum atomic E-state index is 14.2. The molecule has 0 aliphatic carbocycles. The molecule has 4 rings (SSSR count). The molecule has 8 heteroatoms. The van der Waals surface area contributed by atoms with Gasteiger partial charge in [0.25, 0.3) is 11.8 Å². The van der Waals surface area contributed by atoms with Crippen molar-refractivity contribution < 1.29 is 23.5 Å². The zero-order chi connectivity index (χ0) is 25.1. The van der Waals surface area contributed by atoms with Gasteiger partial charge in [0.15, 0.2) is 0 Å². The number of methoxy groups -OCH3 is 1. The molecule has 1 heterocycles. The highest BCUT2D eigenvalue weighted by Gasteiger charge is 2.36. The fourth-order valence-corrected chi connectivity index (χ4v) is 4.13. The summed E-state index contributed by atoms with van der Waals surface area (Å²) in [7, 11) is 1.45. The van der Waals surface area contributed by atoms with E-state index in [2.05, 4.69) is 5.32 Å². The average Bonchev–Trinajstić information content (AvgIpc) is 2.84. The zero-order valence-electron chi connectivity index (χ0n) is 19.1. The number of urea groups is 1. The van der Waals surface area contributed by atoms with Crippen LogP contribution in [0.4, 0.5) is 14.9 Å². The number of imide groups is 2. The molecule has 0 saturated carbocycles. The van der Waals surface area contributed by atoms with Gasteiger partial charge in [0.05, 0.1) is 12.8 Å². The fourth-order valence-electron chi connectivity index (χ4n) is 3.84. The third-order valence-corrected chi connectivity index (χ3v) is 6.07. The summed E-state index contributed by atoms with van der Waals surface area (Å²) in [6.07, 6.45) is 2.35. The summed E-state index contributed by atoms with van der Waals surface area (Å²) in [4.78, 5) is 39.0. The lowest BCUT2D eigenvalue weighted by atomic mass is 10.00. The van der Waals surface area contributed by atoms with E-state index in [1.807, 2.05) is 19.1 Å². The Morgan fingerprint density at radius 3 is 2.43 bits per heavy atom. The number of anilines is 1. The number of aryl methyl sites for hydroxylation is 1. The van der Waals surface area contributed by atoms with Gasteiger partial charge < -0.3 is 4.74 Å². The smallest absolute Gasteiger partial charge is 0.335 e. The summed E-state index contributed by atoms with van der Waals surface area (Å²) in [5, 5.41) is 2.49. The molecular formula is C27H22ClFN2O4. The first-order valence-electron chi connectivity index (χ1n) is 10.9. The molecule has 1 fully saturated rings. The number of carbonyl (C=O) groups excluding carboxylic acids is 3. The lowest BCUT2D eigenvalue weighted by molar-refractivity contribution is -0.122. The standard InChI is InChI=1S/C27H22ClFN2O4/c1-3-16-8-10-19(11-9-16)31-26(33)21(25(32)30-27(31)34)12-17-13-22(28)20(24(14-17)35-2)15-18-6-4-5-7-23(18)29/h4-14H,3,15H2,1-2H3,(H,30,32,34)/b21-12+. The van der Waals surface area contributed by atoms with E-state index >= 15 is 0 Å². The Hall–Kier alpha value is -3.97. The normalized spacial score (nSPS) is 14.9. The van der Waals surface area contributed by atoms with E-state index in [1.54, 1.807) is 42.5 Å². The molecule has 1 aliphatic rings. The van der Waals surface area contributed by atoms with Gasteiger partial charge in [-0.1, -0.05) is 48.9 Å². The van der Waals surface area contributed by atoms with Crippen molar-refractivity contribution in [3.8, 4) is 5.75 Å². The SMILES string of the molecule is CCc1ccc(N2C(=O)NC(=O)/C(=C\c3cc(Cl)c(Cc4ccccc4F)c(OC)c3)C2=O)cc1. The van der Waals surface area contributed by atoms with E-state index in [0.29, 0.717) is 28.1 Å². The van der Waals surface area contributed by atoms with Gasteiger partial charge in [-0.05, 0) is 59.5 Å². The Morgan fingerprint density at radius 2 is 1.77 bits per heavy atom. The second kappa shape index (κ2) is 10.1.